The molecule has 1 aromatic heterocycles. The second-order valence-corrected chi connectivity index (χ2v) is 4.00. The molecule has 0 atom stereocenters. The Morgan fingerprint density at radius 2 is 2.27 bits per heavy atom. The van der Waals surface area contributed by atoms with E-state index in [2.05, 4.69) is 21.0 Å². The lowest BCUT2D eigenvalue weighted by Gasteiger charge is -2.02. The van der Waals surface area contributed by atoms with Gasteiger partial charge in [0.1, 0.15) is 0 Å². The molecule has 0 spiro atoms. The zero-order valence-corrected chi connectivity index (χ0v) is 9.91. The molecular weight excluding hydrogens is 260 g/mol. The van der Waals surface area contributed by atoms with E-state index < -0.39 is 0 Å². The summed E-state index contributed by atoms with van der Waals surface area (Å²) in [5.41, 5.74) is 1.30. The quantitative estimate of drug-likeness (QED) is 0.745. The van der Waals surface area contributed by atoms with Crippen LogP contribution >= 0.6 is 15.9 Å². The Kier molecular flexibility index (Phi) is 2.48. The van der Waals surface area contributed by atoms with Crippen LogP contribution in [0.1, 0.15) is 10.4 Å². The van der Waals surface area contributed by atoms with Crippen LogP contribution in [0.5, 0.6) is 0 Å². The van der Waals surface area contributed by atoms with Gasteiger partial charge in [0.05, 0.1) is 18.2 Å². The Labute approximate surface area is 95.0 Å². The van der Waals surface area contributed by atoms with Gasteiger partial charge in [-0.2, -0.15) is 5.10 Å². The van der Waals surface area contributed by atoms with Crippen molar-refractivity contribution in [2.75, 3.05) is 7.11 Å². The Morgan fingerprint density at radius 3 is 2.93 bits per heavy atom. The molecule has 0 amide bonds. The van der Waals surface area contributed by atoms with Crippen molar-refractivity contribution >= 4 is 32.8 Å². The van der Waals surface area contributed by atoms with E-state index in [9.17, 15) is 4.79 Å². The van der Waals surface area contributed by atoms with Crippen molar-refractivity contribution in [2.24, 2.45) is 7.05 Å². The van der Waals surface area contributed by atoms with Gasteiger partial charge in [-0.3, -0.25) is 4.68 Å². The van der Waals surface area contributed by atoms with Gasteiger partial charge in [-0.1, -0.05) is 0 Å². The van der Waals surface area contributed by atoms with Gasteiger partial charge in [-0.25, -0.2) is 4.79 Å². The molecule has 0 saturated carbocycles. The number of esters is 1. The van der Waals surface area contributed by atoms with Crippen molar-refractivity contribution in [2.45, 2.75) is 0 Å². The largest absolute Gasteiger partial charge is 0.465 e. The topological polar surface area (TPSA) is 44.1 Å². The smallest absolute Gasteiger partial charge is 0.339 e. The maximum atomic E-state index is 11.6. The summed E-state index contributed by atoms with van der Waals surface area (Å²) in [5.74, 6) is -0.361. The number of fused-ring (bicyclic) bond motifs is 1. The average molecular weight is 269 g/mol. The molecule has 4 nitrogen and oxygen atoms in total. The summed E-state index contributed by atoms with van der Waals surface area (Å²) in [7, 11) is 3.18. The molecule has 2 aromatic rings. The fourth-order valence-corrected chi connectivity index (χ4v) is 2.00. The Bertz CT molecular complexity index is 533. The predicted molar refractivity (Wildman–Crippen MR) is 59.8 cm³/mol. The predicted octanol–water partition coefficient (Wildman–Crippen LogP) is 2.12. The number of carbonyl (C=O) groups excluding carboxylic acids is 1. The highest BCUT2D eigenvalue weighted by Gasteiger charge is 2.16. The first kappa shape index (κ1) is 10.2. The minimum Gasteiger partial charge on any atom is -0.465 e. The summed E-state index contributed by atoms with van der Waals surface area (Å²) in [6.07, 6.45) is 1.80. The first-order valence-corrected chi connectivity index (χ1v) is 5.13. The van der Waals surface area contributed by atoms with Crippen LogP contribution in [-0.2, 0) is 11.8 Å². The zero-order valence-electron chi connectivity index (χ0n) is 8.32. The van der Waals surface area contributed by atoms with Gasteiger partial charge < -0.3 is 4.74 Å². The van der Waals surface area contributed by atoms with E-state index in [0.717, 1.165) is 15.4 Å². The number of benzene rings is 1. The van der Waals surface area contributed by atoms with Gasteiger partial charge in [0, 0.05) is 23.1 Å². The zero-order chi connectivity index (χ0) is 11.0. The van der Waals surface area contributed by atoms with E-state index >= 15 is 0 Å². The van der Waals surface area contributed by atoms with E-state index in [0.29, 0.717) is 5.56 Å². The second-order valence-electron chi connectivity index (χ2n) is 3.15. The van der Waals surface area contributed by atoms with Gasteiger partial charge in [0.2, 0.25) is 0 Å². The van der Waals surface area contributed by atoms with Crippen LogP contribution in [0.4, 0.5) is 0 Å². The van der Waals surface area contributed by atoms with Crippen molar-refractivity contribution in [3.8, 4) is 0 Å². The Morgan fingerprint density at radius 1 is 1.53 bits per heavy atom. The van der Waals surface area contributed by atoms with E-state index in [1.807, 2.05) is 13.1 Å². The van der Waals surface area contributed by atoms with E-state index in [1.165, 1.54) is 7.11 Å². The Balaban J connectivity index is 2.78. The van der Waals surface area contributed by atoms with Crippen molar-refractivity contribution in [1.82, 2.24) is 9.78 Å². The molecule has 0 N–H and O–H groups in total. The van der Waals surface area contributed by atoms with E-state index in [1.54, 1.807) is 16.9 Å². The van der Waals surface area contributed by atoms with E-state index in [4.69, 9.17) is 4.74 Å². The van der Waals surface area contributed by atoms with Crippen LogP contribution in [-0.4, -0.2) is 22.9 Å². The highest BCUT2D eigenvalue weighted by Crippen LogP contribution is 2.26. The van der Waals surface area contributed by atoms with E-state index in [-0.39, 0.29) is 5.97 Å². The number of methoxy groups -OCH3 is 1. The molecule has 0 saturated heterocycles. The van der Waals surface area contributed by atoms with Crippen LogP contribution in [0.15, 0.2) is 22.8 Å². The standard InChI is InChI=1S/C10H9BrN2O2/c1-13-5-6-8(12-13)4-3-7(11)9(6)10(14)15-2/h3-5H,1-2H3. The number of carbonyl (C=O) groups is 1. The Hall–Kier alpha value is -1.36. The van der Waals surface area contributed by atoms with Crippen LogP contribution in [0.2, 0.25) is 0 Å². The molecule has 0 aliphatic rings. The molecule has 2 rings (SSSR count). The minimum atomic E-state index is -0.361. The van der Waals surface area contributed by atoms with Crippen molar-refractivity contribution in [1.29, 1.82) is 0 Å². The van der Waals surface area contributed by atoms with Crippen LogP contribution in [0, 0.1) is 0 Å². The molecule has 0 unspecified atom stereocenters. The number of hydrogen-bond acceptors (Lipinski definition) is 3. The van der Waals surface area contributed by atoms with Gasteiger partial charge in [-0.15, -0.1) is 0 Å². The molecule has 78 valence electrons. The molecule has 1 heterocycles. The second kappa shape index (κ2) is 3.66. The highest BCUT2D eigenvalue weighted by atomic mass is 79.9. The number of halogens is 1. The number of nitrogens with zero attached hydrogens (tertiary/aromatic N) is 2. The first-order chi connectivity index (χ1) is 7.13. The normalized spacial score (nSPS) is 10.6. The lowest BCUT2D eigenvalue weighted by molar-refractivity contribution is 0.0602. The monoisotopic (exact) mass is 268 g/mol. The molecule has 15 heavy (non-hydrogen) atoms. The number of aryl methyl sites for hydroxylation is 1. The van der Waals surface area contributed by atoms with Crippen molar-refractivity contribution < 1.29 is 9.53 Å². The number of hydrogen-bond donors (Lipinski definition) is 0. The van der Waals surface area contributed by atoms with Crippen LogP contribution in [0.3, 0.4) is 0 Å². The third-order valence-electron chi connectivity index (χ3n) is 2.14. The SMILES string of the molecule is COC(=O)c1c(Br)ccc2nn(C)cc12. The third kappa shape index (κ3) is 1.63. The molecule has 0 fully saturated rings. The molecule has 0 bridgehead atoms. The maximum Gasteiger partial charge on any atom is 0.339 e. The number of ether oxygens (including phenoxy) is 1. The van der Waals surface area contributed by atoms with Gasteiger partial charge in [-0.05, 0) is 28.1 Å². The summed E-state index contributed by atoms with van der Waals surface area (Å²) < 4.78 is 7.12. The highest BCUT2D eigenvalue weighted by molar-refractivity contribution is 9.10. The molecule has 1 aromatic carbocycles. The maximum absolute atomic E-state index is 11.6. The van der Waals surface area contributed by atoms with Gasteiger partial charge in [0.15, 0.2) is 0 Å². The summed E-state index contributed by atoms with van der Waals surface area (Å²) in [4.78, 5) is 11.6. The molecule has 0 radical (unpaired) electrons. The van der Waals surface area contributed by atoms with Gasteiger partial charge in [0.25, 0.3) is 0 Å². The lowest BCUT2D eigenvalue weighted by atomic mass is 10.1. The fraction of sp³-hybridized carbons (Fsp3) is 0.200. The van der Waals surface area contributed by atoms with Crippen molar-refractivity contribution in [3.05, 3.63) is 28.4 Å². The summed E-state index contributed by atoms with van der Waals surface area (Å²) in [6, 6.07) is 3.65. The first-order valence-electron chi connectivity index (χ1n) is 4.33. The molecule has 5 heteroatoms. The summed E-state index contributed by atoms with van der Waals surface area (Å²) in [6.45, 7) is 0. The molecular formula is C10H9BrN2O2. The lowest BCUT2D eigenvalue weighted by Crippen LogP contribution is -2.02. The summed E-state index contributed by atoms with van der Waals surface area (Å²) in [5, 5.41) is 5.01. The van der Waals surface area contributed by atoms with Crippen LogP contribution in [0.25, 0.3) is 10.9 Å². The average Bonchev–Trinajstić information content (AvgIpc) is 2.57. The van der Waals surface area contributed by atoms with Crippen molar-refractivity contribution in [3.63, 3.8) is 0 Å². The van der Waals surface area contributed by atoms with Gasteiger partial charge >= 0.3 is 5.97 Å². The van der Waals surface area contributed by atoms with Crippen LogP contribution < -0.4 is 0 Å². The third-order valence-corrected chi connectivity index (χ3v) is 2.80. The summed E-state index contributed by atoms with van der Waals surface area (Å²) >= 11 is 3.33. The number of rotatable bonds is 1. The molecule has 0 aliphatic heterocycles. The minimum absolute atomic E-state index is 0.361. The number of aromatic nitrogens is 2. The fourth-order valence-electron chi connectivity index (χ4n) is 1.49. The molecule has 0 aliphatic carbocycles.